The van der Waals surface area contributed by atoms with Gasteiger partial charge in [-0.3, -0.25) is 4.99 Å². The summed E-state index contributed by atoms with van der Waals surface area (Å²) in [6, 6.07) is 0. The van der Waals surface area contributed by atoms with E-state index < -0.39 is 12.8 Å². The lowest BCUT2D eigenvalue weighted by Gasteiger charge is -2.13. The lowest BCUT2D eigenvalue weighted by atomic mass is 10.2. The van der Waals surface area contributed by atoms with Crippen molar-refractivity contribution in [2.75, 3.05) is 53.2 Å². The van der Waals surface area contributed by atoms with E-state index in [2.05, 4.69) is 20.4 Å². The Morgan fingerprint density at radius 3 is 2.38 bits per heavy atom. The zero-order chi connectivity index (χ0) is 17.7. The number of hydrogen-bond acceptors (Lipinski definition) is 4. The minimum atomic E-state index is -4.27. The molecule has 0 radical (unpaired) electrons. The summed E-state index contributed by atoms with van der Waals surface area (Å²) in [4.78, 5) is 4.04. The fraction of sp³-hybridized carbons (Fsp3) is 0.933. The van der Waals surface area contributed by atoms with Gasteiger partial charge in [0.2, 0.25) is 0 Å². The van der Waals surface area contributed by atoms with Crippen LogP contribution in [-0.4, -0.2) is 71.4 Å². The molecule has 0 aromatic carbocycles. The Morgan fingerprint density at radius 2 is 1.83 bits per heavy atom. The normalized spacial score (nSPS) is 18.8. The van der Waals surface area contributed by atoms with E-state index in [1.54, 1.807) is 7.05 Å². The van der Waals surface area contributed by atoms with Crippen molar-refractivity contribution in [1.29, 1.82) is 0 Å². The molecule has 9 heteroatoms. The summed E-state index contributed by atoms with van der Waals surface area (Å²) in [6.07, 6.45) is -0.535. The molecule has 0 aromatic heterocycles. The molecular formula is C15H28F3N3O3. The average Bonchev–Trinajstić information content (AvgIpc) is 3.04. The van der Waals surface area contributed by atoms with Gasteiger partial charge in [-0.25, -0.2) is 0 Å². The van der Waals surface area contributed by atoms with E-state index in [0.717, 1.165) is 25.9 Å². The van der Waals surface area contributed by atoms with E-state index in [-0.39, 0.29) is 12.7 Å². The molecule has 1 unspecified atom stereocenters. The molecule has 24 heavy (non-hydrogen) atoms. The zero-order valence-corrected chi connectivity index (χ0v) is 14.2. The summed E-state index contributed by atoms with van der Waals surface area (Å²) in [5.41, 5.74) is 0. The molecule has 1 saturated heterocycles. The van der Waals surface area contributed by atoms with Crippen molar-refractivity contribution in [3.05, 3.63) is 0 Å². The van der Waals surface area contributed by atoms with Gasteiger partial charge in [-0.05, 0) is 25.7 Å². The van der Waals surface area contributed by atoms with Gasteiger partial charge >= 0.3 is 6.18 Å². The van der Waals surface area contributed by atoms with Gasteiger partial charge in [0.25, 0.3) is 0 Å². The maximum Gasteiger partial charge on any atom is 0.411 e. The number of rotatable bonds is 11. The van der Waals surface area contributed by atoms with E-state index >= 15 is 0 Å². The van der Waals surface area contributed by atoms with Crippen molar-refractivity contribution < 1.29 is 27.4 Å². The van der Waals surface area contributed by atoms with E-state index in [1.165, 1.54) is 0 Å². The third kappa shape index (κ3) is 11.5. The number of halogens is 3. The fourth-order valence-corrected chi connectivity index (χ4v) is 2.16. The fourth-order valence-electron chi connectivity index (χ4n) is 2.16. The Morgan fingerprint density at radius 1 is 1.17 bits per heavy atom. The summed E-state index contributed by atoms with van der Waals surface area (Å²) in [6.45, 7) is 2.17. The molecule has 1 heterocycles. The van der Waals surface area contributed by atoms with E-state index in [0.29, 0.717) is 38.7 Å². The van der Waals surface area contributed by atoms with Crippen molar-refractivity contribution in [1.82, 2.24) is 10.6 Å². The van der Waals surface area contributed by atoms with Crippen LogP contribution in [0.4, 0.5) is 13.2 Å². The van der Waals surface area contributed by atoms with Crippen molar-refractivity contribution in [3.8, 4) is 0 Å². The number of ether oxygens (including phenoxy) is 3. The van der Waals surface area contributed by atoms with Crippen molar-refractivity contribution in [2.24, 2.45) is 4.99 Å². The highest BCUT2D eigenvalue weighted by molar-refractivity contribution is 5.79. The van der Waals surface area contributed by atoms with Crippen LogP contribution < -0.4 is 10.6 Å². The molecule has 0 saturated carbocycles. The third-order valence-electron chi connectivity index (χ3n) is 3.33. The number of alkyl halides is 3. The molecule has 0 aliphatic carbocycles. The van der Waals surface area contributed by atoms with Crippen LogP contribution in [0.15, 0.2) is 4.99 Å². The van der Waals surface area contributed by atoms with Crippen LogP contribution in [0, 0.1) is 0 Å². The van der Waals surface area contributed by atoms with Gasteiger partial charge in [0, 0.05) is 40.0 Å². The van der Waals surface area contributed by atoms with Crippen LogP contribution in [0.5, 0.6) is 0 Å². The second-order valence-corrected chi connectivity index (χ2v) is 5.51. The molecule has 142 valence electrons. The molecule has 1 atom stereocenters. The summed E-state index contributed by atoms with van der Waals surface area (Å²) >= 11 is 0. The Hall–Kier alpha value is -1.06. The van der Waals surface area contributed by atoms with Crippen molar-refractivity contribution in [3.63, 3.8) is 0 Å². The SMILES string of the molecule is CN=C(NCCCOCC1CCCO1)NCCCOCC(F)(F)F. The van der Waals surface area contributed by atoms with Gasteiger partial charge in [0.05, 0.1) is 12.7 Å². The van der Waals surface area contributed by atoms with Crippen LogP contribution in [0.1, 0.15) is 25.7 Å². The van der Waals surface area contributed by atoms with Gasteiger partial charge in [0.15, 0.2) is 5.96 Å². The molecule has 0 aromatic rings. The van der Waals surface area contributed by atoms with Crippen LogP contribution >= 0.6 is 0 Å². The Labute approximate surface area is 141 Å². The van der Waals surface area contributed by atoms with Gasteiger partial charge in [0.1, 0.15) is 6.61 Å². The highest BCUT2D eigenvalue weighted by atomic mass is 19.4. The smallest absolute Gasteiger partial charge is 0.379 e. The molecule has 0 bridgehead atoms. The lowest BCUT2D eigenvalue weighted by Crippen LogP contribution is -2.38. The predicted octanol–water partition coefficient (Wildman–Crippen LogP) is 1.71. The van der Waals surface area contributed by atoms with Gasteiger partial charge < -0.3 is 24.8 Å². The van der Waals surface area contributed by atoms with E-state index in [9.17, 15) is 13.2 Å². The van der Waals surface area contributed by atoms with E-state index in [1.807, 2.05) is 0 Å². The van der Waals surface area contributed by atoms with Crippen molar-refractivity contribution >= 4 is 5.96 Å². The predicted molar refractivity (Wildman–Crippen MR) is 85.3 cm³/mol. The van der Waals surface area contributed by atoms with Crippen LogP contribution in [0.25, 0.3) is 0 Å². The van der Waals surface area contributed by atoms with Gasteiger partial charge in [-0.1, -0.05) is 0 Å². The number of nitrogens with zero attached hydrogens (tertiary/aromatic N) is 1. The second kappa shape index (κ2) is 12.3. The number of nitrogens with one attached hydrogen (secondary N) is 2. The summed E-state index contributed by atoms with van der Waals surface area (Å²) in [7, 11) is 1.64. The topological polar surface area (TPSA) is 64.1 Å². The maximum atomic E-state index is 11.9. The first-order valence-electron chi connectivity index (χ1n) is 8.29. The molecule has 1 fully saturated rings. The average molecular weight is 355 g/mol. The first kappa shape index (κ1) is 21.0. The Balaban J connectivity index is 1.91. The number of guanidine groups is 1. The molecule has 0 amide bonds. The van der Waals surface area contributed by atoms with E-state index in [4.69, 9.17) is 9.47 Å². The van der Waals surface area contributed by atoms with Crippen LogP contribution in [0.2, 0.25) is 0 Å². The summed E-state index contributed by atoms with van der Waals surface area (Å²) in [5, 5.41) is 6.14. The Bertz CT molecular complexity index is 349. The Kier molecular flexibility index (Phi) is 10.8. The van der Waals surface area contributed by atoms with Crippen LogP contribution in [0.3, 0.4) is 0 Å². The second-order valence-electron chi connectivity index (χ2n) is 5.51. The zero-order valence-electron chi connectivity index (χ0n) is 14.2. The summed E-state index contributed by atoms with van der Waals surface area (Å²) in [5.74, 6) is 0.616. The van der Waals surface area contributed by atoms with Crippen LogP contribution in [-0.2, 0) is 14.2 Å². The molecule has 1 rings (SSSR count). The van der Waals surface area contributed by atoms with Gasteiger partial charge in [-0.2, -0.15) is 13.2 Å². The monoisotopic (exact) mass is 355 g/mol. The molecule has 0 spiro atoms. The van der Waals surface area contributed by atoms with Gasteiger partial charge in [-0.15, -0.1) is 0 Å². The standard InChI is InChI=1S/C15H28F3N3O3/c1-19-14(21-7-4-9-23-12-15(16,17)18)20-6-3-8-22-11-13-5-2-10-24-13/h13H,2-12H2,1H3,(H2,19,20,21). The quantitative estimate of drug-likeness (QED) is 0.336. The third-order valence-corrected chi connectivity index (χ3v) is 3.33. The summed E-state index contributed by atoms with van der Waals surface area (Å²) < 4.78 is 51.2. The maximum absolute atomic E-state index is 11.9. The minimum absolute atomic E-state index is 0.0561. The molecule has 1 aliphatic rings. The number of hydrogen-bond donors (Lipinski definition) is 2. The minimum Gasteiger partial charge on any atom is -0.379 e. The first-order chi connectivity index (χ1) is 11.5. The highest BCUT2D eigenvalue weighted by Crippen LogP contribution is 2.14. The molecule has 1 aliphatic heterocycles. The molecular weight excluding hydrogens is 327 g/mol. The molecule has 2 N–H and O–H groups in total. The highest BCUT2D eigenvalue weighted by Gasteiger charge is 2.27. The van der Waals surface area contributed by atoms with Crippen molar-refractivity contribution in [2.45, 2.75) is 38.0 Å². The number of aliphatic imine (C=N–C) groups is 1. The largest absolute Gasteiger partial charge is 0.411 e. The first-order valence-corrected chi connectivity index (χ1v) is 8.29. The molecule has 6 nitrogen and oxygen atoms in total. The lowest BCUT2D eigenvalue weighted by molar-refractivity contribution is -0.173.